The fourth-order valence-electron chi connectivity index (χ4n) is 2.98. The Morgan fingerprint density at radius 2 is 2.28 bits per heavy atom. The predicted octanol–water partition coefficient (Wildman–Crippen LogP) is 3.81. The molecule has 1 N–H and O–H groups in total. The fraction of sp³-hybridized carbons (Fsp3) is 0.714. The van der Waals surface area contributed by atoms with Crippen LogP contribution in [0.15, 0.2) is 10.5 Å². The average Bonchev–Trinajstić information content (AvgIpc) is 2.55. The van der Waals surface area contributed by atoms with Gasteiger partial charge in [-0.2, -0.15) is 0 Å². The second kappa shape index (κ2) is 6.51. The average molecular weight is 331 g/mol. The van der Waals surface area contributed by atoms with E-state index < -0.39 is 0 Å². The molecule has 0 bridgehead atoms. The van der Waals surface area contributed by atoms with Gasteiger partial charge in [0.25, 0.3) is 0 Å². The second-order valence-corrected chi connectivity index (χ2v) is 7.43. The van der Waals surface area contributed by atoms with Crippen LogP contribution in [0.4, 0.5) is 0 Å². The van der Waals surface area contributed by atoms with E-state index in [1.54, 1.807) is 0 Å². The van der Waals surface area contributed by atoms with Gasteiger partial charge in [-0.25, -0.2) is 0 Å². The lowest BCUT2D eigenvalue weighted by Crippen LogP contribution is -2.33. The first-order chi connectivity index (χ1) is 8.63. The largest absolute Gasteiger partial charge is 0.319 e. The number of likely N-dealkylation sites (tertiary alicyclic amines) is 1. The molecule has 1 aromatic rings. The van der Waals surface area contributed by atoms with Gasteiger partial charge in [0, 0.05) is 20.3 Å². The van der Waals surface area contributed by atoms with E-state index in [-0.39, 0.29) is 0 Å². The lowest BCUT2D eigenvalue weighted by atomic mass is 9.93. The summed E-state index contributed by atoms with van der Waals surface area (Å²) in [6.07, 6.45) is 4.03. The predicted molar refractivity (Wildman–Crippen MR) is 83.4 cm³/mol. The number of thiophene rings is 1. The summed E-state index contributed by atoms with van der Waals surface area (Å²) >= 11 is 5.60. The van der Waals surface area contributed by atoms with Gasteiger partial charge in [0.1, 0.15) is 0 Å². The molecule has 2 heterocycles. The summed E-state index contributed by atoms with van der Waals surface area (Å²) in [5, 5.41) is 3.37. The highest BCUT2D eigenvalue weighted by Gasteiger charge is 2.30. The number of hydrogen-bond acceptors (Lipinski definition) is 3. The molecule has 2 rings (SSSR count). The van der Waals surface area contributed by atoms with Crippen LogP contribution >= 0.6 is 27.3 Å². The summed E-state index contributed by atoms with van der Waals surface area (Å²) in [7, 11) is 4.35. The molecule has 2 atom stereocenters. The molecule has 0 radical (unpaired) electrons. The zero-order chi connectivity index (χ0) is 13.1. The van der Waals surface area contributed by atoms with Crippen LogP contribution in [0.25, 0.3) is 0 Å². The maximum Gasteiger partial charge on any atom is 0.0479 e. The topological polar surface area (TPSA) is 15.3 Å². The van der Waals surface area contributed by atoms with E-state index in [9.17, 15) is 0 Å². The van der Waals surface area contributed by atoms with Crippen LogP contribution in [-0.4, -0.2) is 32.1 Å². The smallest absolute Gasteiger partial charge is 0.0479 e. The molecule has 1 aliphatic rings. The van der Waals surface area contributed by atoms with Crippen molar-refractivity contribution in [3.05, 3.63) is 20.3 Å². The SMILES string of the molecule is CNCC1CCCCN(C)C1c1cc(Br)c(C)s1. The molecule has 0 amide bonds. The number of nitrogens with zero attached hydrogens (tertiary/aromatic N) is 1. The first kappa shape index (κ1) is 14.5. The summed E-state index contributed by atoms with van der Waals surface area (Å²) in [5.41, 5.74) is 0. The third kappa shape index (κ3) is 3.16. The Hall–Kier alpha value is 0.1000. The number of rotatable bonds is 3. The van der Waals surface area contributed by atoms with Crippen LogP contribution in [0.1, 0.15) is 35.1 Å². The molecule has 1 aromatic heterocycles. The monoisotopic (exact) mass is 330 g/mol. The van der Waals surface area contributed by atoms with E-state index in [4.69, 9.17) is 0 Å². The molecule has 18 heavy (non-hydrogen) atoms. The van der Waals surface area contributed by atoms with Crippen LogP contribution < -0.4 is 5.32 Å². The maximum absolute atomic E-state index is 3.66. The van der Waals surface area contributed by atoms with Crippen molar-refractivity contribution in [2.24, 2.45) is 5.92 Å². The second-order valence-electron chi connectivity index (χ2n) is 5.29. The molecule has 0 saturated carbocycles. The van der Waals surface area contributed by atoms with Crippen molar-refractivity contribution >= 4 is 27.3 Å². The quantitative estimate of drug-likeness (QED) is 0.906. The van der Waals surface area contributed by atoms with Crippen molar-refractivity contribution in [2.45, 2.75) is 32.2 Å². The molecular weight excluding hydrogens is 308 g/mol. The van der Waals surface area contributed by atoms with Crippen molar-refractivity contribution < 1.29 is 0 Å². The Kier molecular flexibility index (Phi) is 5.24. The minimum atomic E-state index is 0.579. The summed E-state index contributed by atoms with van der Waals surface area (Å²) in [6, 6.07) is 2.91. The standard InChI is InChI=1S/C14H23BrN2S/c1-10-12(15)8-13(18-10)14-11(9-16-2)6-4-5-7-17(14)3/h8,11,14,16H,4-7,9H2,1-3H3. The van der Waals surface area contributed by atoms with Crippen molar-refractivity contribution in [2.75, 3.05) is 27.2 Å². The molecule has 0 aliphatic carbocycles. The van der Waals surface area contributed by atoms with Gasteiger partial charge in [-0.1, -0.05) is 6.42 Å². The summed E-state index contributed by atoms with van der Waals surface area (Å²) in [4.78, 5) is 5.46. The Balaban J connectivity index is 2.27. The first-order valence-corrected chi connectivity index (χ1v) is 8.35. The van der Waals surface area contributed by atoms with Crippen LogP contribution in [0, 0.1) is 12.8 Å². The van der Waals surface area contributed by atoms with Gasteiger partial charge in [-0.05, 0) is 74.9 Å². The lowest BCUT2D eigenvalue weighted by molar-refractivity contribution is 0.194. The normalized spacial score (nSPS) is 26.2. The Morgan fingerprint density at radius 3 is 2.89 bits per heavy atom. The Bertz CT molecular complexity index is 372. The summed E-state index contributed by atoms with van der Waals surface area (Å²) < 4.78 is 1.27. The van der Waals surface area contributed by atoms with E-state index in [2.05, 4.69) is 53.2 Å². The third-order valence-corrected chi connectivity index (χ3v) is 6.10. The van der Waals surface area contributed by atoms with E-state index in [1.807, 2.05) is 11.3 Å². The molecule has 2 unspecified atom stereocenters. The molecule has 1 aliphatic heterocycles. The van der Waals surface area contributed by atoms with Gasteiger partial charge in [0.05, 0.1) is 0 Å². The van der Waals surface area contributed by atoms with Gasteiger partial charge in [0.2, 0.25) is 0 Å². The number of halogens is 1. The third-order valence-electron chi connectivity index (χ3n) is 3.89. The van der Waals surface area contributed by atoms with Gasteiger partial charge in [-0.15, -0.1) is 11.3 Å². The molecule has 1 fully saturated rings. The van der Waals surface area contributed by atoms with E-state index >= 15 is 0 Å². The van der Waals surface area contributed by atoms with Gasteiger partial charge in [0.15, 0.2) is 0 Å². The van der Waals surface area contributed by atoms with Gasteiger partial charge < -0.3 is 5.32 Å². The van der Waals surface area contributed by atoms with Crippen molar-refractivity contribution in [3.8, 4) is 0 Å². The van der Waals surface area contributed by atoms with E-state index in [0.29, 0.717) is 6.04 Å². The molecule has 2 nitrogen and oxygen atoms in total. The molecular formula is C14H23BrN2S. The number of nitrogens with one attached hydrogen (secondary N) is 1. The van der Waals surface area contributed by atoms with E-state index in [0.717, 1.165) is 12.5 Å². The van der Waals surface area contributed by atoms with Crippen LogP contribution in [0.3, 0.4) is 0 Å². The molecule has 102 valence electrons. The Morgan fingerprint density at radius 1 is 1.50 bits per heavy atom. The highest BCUT2D eigenvalue weighted by atomic mass is 79.9. The highest BCUT2D eigenvalue weighted by molar-refractivity contribution is 9.10. The van der Waals surface area contributed by atoms with Gasteiger partial charge >= 0.3 is 0 Å². The number of aryl methyl sites for hydroxylation is 1. The fourth-order valence-corrected chi connectivity index (χ4v) is 4.80. The lowest BCUT2D eigenvalue weighted by Gasteiger charge is -2.31. The van der Waals surface area contributed by atoms with Gasteiger partial charge in [-0.3, -0.25) is 4.90 Å². The van der Waals surface area contributed by atoms with Crippen LogP contribution in [-0.2, 0) is 0 Å². The van der Waals surface area contributed by atoms with Crippen molar-refractivity contribution in [3.63, 3.8) is 0 Å². The molecule has 1 saturated heterocycles. The number of hydrogen-bond donors (Lipinski definition) is 1. The zero-order valence-electron chi connectivity index (χ0n) is 11.5. The molecule has 0 aromatic carbocycles. The molecule has 0 spiro atoms. The highest BCUT2D eigenvalue weighted by Crippen LogP contribution is 2.39. The first-order valence-electron chi connectivity index (χ1n) is 6.74. The summed E-state index contributed by atoms with van der Waals surface area (Å²) in [6.45, 7) is 4.53. The summed E-state index contributed by atoms with van der Waals surface area (Å²) in [5.74, 6) is 0.729. The van der Waals surface area contributed by atoms with Crippen molar-refractivity contribution in [1.29, 1.82) is 0 Å². The minimum Gasteiger partial charge on any atom is -0.319 e. The minimum absolute atomic E-state index is 0.579. The van der Waals surface area contributed by atoms with Crippen LogP contribution in [0.5, 0.6) is 0 Å². The van der Waals surface area contributed by atoms with E-state index in [1.165, 1.54) is 40.0 Å². The zero-order valence-corrected chi connectivity index (χ0v) is 13.9. The molecule has 4 heteroatoms. The maximum atomic E-state index is 3.66. The Labute approximate surface area is 123 Å². The van der Waals surface area contributed by atoms with Crippen molar-refractivity contribution in [1.82, 2.24) is 10.2 Å². The van der Waals surface area contributed by atoms with Crippen LogP contribution in [0.2, 0.25) is 0 Å².